The average Bonchev–Trinajstić information content (AvgIpc) is 2.36. The third-order valence-corrected chi connectivity index (χ3v) is 2.56. The summed E-state index contributed by atoms with van der Waals surface area (Å²) in [7, 11) is 0. The number of thiocarbonyl (C=S) groups is 1. The summed E-state index contributed by atoms with van der Waals surface area (Å²) in [4.78, 5) is 0. The summed E-state index contributed by atoms with van der Waals surface area (Å²) in [5.41, 5.74) is 4.77. The van der Waals surface area contributed by atoms with Crippen molar-refractivity contribution in [1.82, 2.24) is 10.7 Å². The first kappa shape index (κ1) is 14.6. The maximum atomic E-state index is 12.7. The minimum atomic E-state index is -0.237. The number of hydrogen-bond acceptors (Lipinski definition) is 2. The zero-order chi connectivity index (χ0) is 13.4. The summed E-state index contributed by atoms with van der Waals surface area (Å²) < 4.78 is 12.7. The monoisotopic (exact) mass is 267 g/mol. The number of nitrogens with zero attached hydrogens (tertiary/aromatic N) is 1. The molecule has 0 fully saturated rings. The third-order valence-electron chi connectivity index (χ3n) is 2.33. The average molecular weight is 267 g/mol. The van der Waals surface area contributed by atoms with E-state index < -0.39 is 0 Å². The molecule has 1 rings (SSSR count). The van der Waals surface area contributed by atoms with Crippen molar-refractivity contribution in [3.8, 4) is 0 Å². The van der Waals surface area contributed by atoms with Gasteiger partial charge in [0.2, 0.25) is 0 Å². The van der Waals surface area contributed by atoms with Crippen LogP contribution in [0, 0.1) is 5.82 Å². The molecule has 2 N–H and O–H groups in total. The minimum absolute atomic E-state index is 0.237. The summed E-state index contributed by atoms with van der Waals surface area (Å²) in [6.07, 6.45) is 2.01. The van der Waals surface area contributed by atoms with Crippen LogP contribution >= 0.6 is 12.2 Å². The van der Waals surface area contributed by atoms with E-state index in [1.807, 2.05) is 6.92 Å². The highest BCUT2D eigenvalue weighted by atomic mass is 32.1. The SMILES string of the molecule is CCC/C(C)=N\NC(=S)NCc1ccc(F)cc1. The van der Waals surface area contributed by atoms with E-state index in [1.54, 1.807) is 12.1 Å². The lowest BCUT2D eigenvalue weighted by molar-refractivity contribution is 0.626. The zero-order valence-corrected chi connectivity index (χ0v) is 11.5. The molecule has 0 aliphatic carbocycles. The number of hydrazone groups is 1. The first-order valence-electron chi connectivity index (χ1n) is 5.93. The highest BCUT2D eigenvalue weighted by molar-refractivity contribution is 7.80. The van der Waals surface area contributed by atoms with Crippen molar-refractivity contribution < 1.29 is 4.39 Å². The van der Waals surface area contributed by atoms with Crippen molar-refractivity contribution in [1.29, 1.82) is 0 Å². The first-order valence-corrected chi connectivity index (χ1v) is 6.34. The molecule has 0 saturated heterocycles. The Morgan fingerprint density at radius 2 is 2.00 bits per heavy atom. The van der Waals surface area contributed by atoms with Crippen molar-refractivity contribution in [3.63, 3.8) is 0 Å². The molecule has 0 unspecified atom stereocenters. The fourth-order valence-electron chi connectivity index (χ4n) is 1.39. The normalized spacial score (nSPS) is 11.2. The zero-order valence-electron chi connectivity index (χ0n) is 10.7. The smallest absolute Gasteiger partial charge is 0.187 e. The molecule has 0 heterocycles. The van der Waals surface area contributed by atoms with Crippen LogP contribution in [0.3, 0.4) is 0 Å². The van der Waals surface area contributed by atoms with E-state index in [4.69, 9.17) is 12.2 Å². The van der Waals surface area contributed by atoms with Crippen molar-refractivity contribution >= 4 is 23.0 Å². The van der Waals surface area contributed by atoms with Gasteiger partial charge in [-0.3, -0.25) is 5.43 Å². The van der Waals surface area contributed by atoms with Crippen LogP contribution in [-0.2, 0) is 6.54 Å². The minimum Gasteiger partial charge on any atom is -0.357 e. The second-order valence-electron chi connectivity index (χ2n) is 4.02. The number of hydrogen-bond donors (Lipinski definition) is 2. The van der Waals surface area contributed by atoms with Crippen LogP contribution in [0.1, 0.15) is 32.3 Å². The van der Waals surface area contributed by atoms with E-state index in [-0.39, 0.29) is 5.82 Å². The van der Waals surface area contributed by atoms with Crippen LogP contribution in [-0.4, -0.2) is 10.8 Å². The maximum absolute atomic E-state index is 12.7. The Kier molecular flexibility index (Phi) is 6.28. The van der Waals surface area contributed by atoms with E-state index in [2.05, 4.69) is 22.8 Å². The molecule has 18 heavy (non-hydrogen) atoms. The molecule has 0 aliphatic heterocycles. The van der Waals surface area contributed by atoms with Crippen LogP contribution in [0.5, 0.6) is 0 Å². The Morgan fingerprint density at radius 1 is 1.33 bits per heavy atom. The Bertz CT molecular complexity index is 415. The summed E-state index contributed by atoms with van der Waals surface area (Å²) in [6, 6.07) is 6.29. The number of rotatable bonds is 5. The summed E-state index contributed by atoms with van der Waals surface area (Å²) in [5, 5.41) is 7.62. The lowest BCUT2D eigenvalue weighted by Crippen LogP contribution is -2.32. The van der Waals surface area contributed by atoms with Gasteiger partial charge in [-0.05, 0) is 43.3 Å². The lowest BCUT2D eigenvalue weighted by Gasteiger charge is -2.07. The quantitative estimate of drug-likeness (QED) is 0.489. The molecule has 0 aromatic heterocycles. The van der Waals surface area contributed by atoms with Gasteiger partial charge in [0.1, 0.15) is 5.82 Å². The molecule has 3 nitrogen and oxygen atoms in total. The molecule has 0 radical (unpaired) electrons. The molecule has 1 aromatic rings. The van der Waals surface area contributed by atoms with Gasteiger partial charge in [0.05, 0.1) is 0 Å². The Labute approximate surface area is 112 Å². The number of benzene rings is 1. The van der Waals surface area contributed by atoms with Crippen molar-refractivity contribution in [2.75, 3.05) is 0 Å². The second kappa shape index (κ2) is 7.76. The van der Waals surface area contributed by atoms with Gasteiger partial charge >= 0.3 is 0 Å². The van der Waals surface area contributed by atoms with Gasteiger partial charge in [-0.15, -0.1) is 0 Å². The topological polar surface area (TPSA) is 36.4 Å². The Balaban J connectivity index is 2.33. The molecule has 0 spiro atoms. The van der Waals surface area contributed by atoms with E-state index in [0.29, 0.717) is 11.7 Å². The highest BCUT2D eigenvalue weighted by Crippen LogP contribution is 2.01. The Morgan fingerprint density at radius 3 is 2.61 bits per heavy atom. The van der Waals surface area contributed by atoms with Crippen LogP contribution in [0.4, 0.5) is 4.39 Å². The molecule has 0 aliphatic rings. The fraction of sp³-hybridized carbons (Fsp3) is 0.385. The molecule has 0 amide bonds. The second-order valence-corrected chi connectivity index (χ2v) is 4.43. The predicted molar refractivity (Wildman–Crippen MR) is 77.0 cm³/mol. The van der Waals surface area contributed by atoms with Crippen LogP contribution < -0.4 is 10.7 Å². The maximum Gasteiger partial charge on any atom is 0.187 e. The van der Waals surface area contributed by atoms with E-state index >= 15 is 0 Å². The number of nitrogens with one attached hydrogen (secondary N) is 2. The molecule has 0 atom stereocenters. The van der Waals surface area contributed by atoms with Crippen molar-refractivity contribution in [2.24, 2.45) is 5.10 Å². The van der Waals surface area contributed by atoms with E-state index in [9.17, 15) is 4.39 Å². The third kappa shape index (κ3) is 5.72. The van der Waals surface area contributed by atoms with Gasteiger partial charge < -0.3 is 5.32 Å². The molecular weight excluding hydrogens is 249 g/mol. The van der Waals surface area contributed by atoms with Crippen LogP contribution in [0.15, 0.2) is 29.4 Å². The lowest BCUT2D eigenvalue weighted by atomic mass is 10.2. The number of halogens is 1. The van der Waals surface area contributed by atoms with Crippen LogP contribution in [0.2, 0.25) is 0 Å². The molecule has 98 valence electrons. The van der Waals surface area contributed by atoms with Crippen molar-refractivity contribution in [2.45, 2.75) is 33.2 Å². The van der Waals surface area contributed by atoms with Crippen LogP contribution in [0.25, 0.3) is 0 Å². The summed E-state index contributed by atoms with van der Waals surface area (Å²) in [6.45, 7) is 4.61. The highest BCUT2D eigenvalue weighted by Gasteiger charge is 1.96. The summed E-state index contributed by atoms with van der Waals surface area (Å²) >= 11 is 5.08. The standard InChI is InChI=1S/C13H18FN3S/c1-3-4-10(2)16-17-13(18)15-9-11-5-7-12(14)8-6-11/h5-8H,3-4,9H2,1-2H3,(H2,15,17,18)/b16-10-. The summed E-state index contributed by atoms with van der Waals surface area (Å²) in [5.74, 6) is -0.237. The molecular formula is C13H18FN3S. The molecule has 5 heteroatoms. The first-order chi connectivity index (χ1) is 8.61. The van der Waals surface area contributed by atoms with E-state index in [1.165, 1.54) is 12.1 Å². The largest absolute Gasteiger partial charge is 0.357 e. The molecule has 0 bridgehead atoms. The Hall–Kier alpha value is -1.49. The van der Waals surface area contributed by atoms with Gasteiger partial charge in [-0.1, -0.05) is 25.5 Å². The molecule has 1 aromatic carbocycles. The van der Waals surface area contributed by atoms with Gasteiger partial charge in [-0.2, -0.15) is 5.10 Å². The van der Waals surface area contributed by atoms with E-state index in [0.717, 1.165) is 24.1 Å². The molecule has 0 saturated carbocycles. The van der Waals surface area contributed by atoms with Gasteiger partial charge in [0.15, 0.2) is 5.11 Å². The van der Waals surface area contributed by atoms with Gasteiger partial charge in [-0.25, -0.2) is 4.39 Å². The van der Waals surface area contributed by atoms with Crippen molar-refractivity contribution in [3.05, 3.63) is 35.6 Å². The predicted octanol–water partition coefficient (Wildman–Crippen LogP) is 2.97. The van der Waals surface area contributed by atoms with Gasteiger partial charge in [0, 0.05) is 12.3 Å². The van der Waals surface area contributed by atoms with Gasteiger partial charge in [0.25, 0.3) is 0 Å². The fourth-order valence-corrected chi connectivity index (χ4v) is 1.51.